The smallest absolute Gasteiger partial charge is 0.155 e. The van der Waals surface area contributed by atoms with Gasteiger partial charge in [-0.15, -0.1) is 0 Å². The first-order chi connectivity index (χ1) is 6.54. The Bertz CT molecular complexity index is 526. The predicted molar refractivity (Wildman–Crippen MR) is 51.5 cm³/mol. The lowest BCUT2D eigenvalue weighted by Crippen LogP contribution is -2.00. The molecular weight excluding hydrogens is 202 g/mol. The SMILES string of the molecule is CS(=O)(=O)Cc1cn2ccncc2n1. The van der Waals surface area contributed by atoms with Gasteiger partial charge in [0.15, 0.2) is 15.5 Å². The fraction of sp³-hybridized carbons (Fsp3) is 0.250. The third kappa shape index (κ3) is 1.90. The monoisotopic (exact) mass is 211 g/mol. The Balaban J connectivity index is 2.46. The van der Waals surface area contributed by atoms with Gasteiger partial charge in [-0.2, -0.15) is 0 Å². The molecule has 0 spiro atoms. The Morgan fingerprint density at radius 2 is 2.29 bits per heavy atom. The predicted octanol–water partition coefficient (Wildman–Crippen LogP) is 0.274. The van der Waals surface area contributed by atoms with Crippen LogP contribution in [0, 0.1) is 0 Å². The van der Waals surface area contributed by atoms with E-state index in [2.05, 4.69) is 9.97 Å². The summed E-state index contributed by atoms with van der Waals surface area (Å²) in [4.78, 5) is 8.01. The van der Waals surface area contributed by atoms with Crippen molar-refractivity contribution in [2.24, 2.45) is 0 Å². The molecule has 0 radical (unpaired) electrons. The van der Waals surface area contributed by atoms with E-state index in [-0.39, 0.29) is 5.75 Å². The van der Waals surface area contributed by atoms with Gasteiger partial charge in [-0.1, -0.05) is 0 Å². The van der Waals surface area contributed by atoms with Crippen molar-refractivity contribution >= 4 is 15.5 Å². The second-order valence-electron chi connectivity index (χ2n) is 3.14. The number of nitrogens with zero attached hydrogens (tertiary/aromatic N) is 3. The Morgan fingerprint density at radius 1 is 1.50 bits per heavy atom. The fourth-order valence-electron chi connectivity index (χ4n) is 1.23. The summed E-state index contributed by atoms with van der Waals surface area (Å²) in [7, 11) is -3.02. The largest absolute Gasteiger partial charge is 0.304 e. The van der Waals surface area contributed by atoms with Gasteiger partial charge >= 0.3 is 0 Å². The van der Waals surface area contributed by atoms with Crippen molar-refractivity contribution in [1.29, 1.82) is 0 Å². The third-order valence-electron chi connectivity index (χ3n) is 1.72. The van der Waals surface area contributed by atoms with E-state index in [1.54, 1.807) is 29.2 Å². The van der Waals surface area contributed by atoms with Gasteiger partial charge in [-0.25, -0.2) is 13.4 Å². The topological polar surface area (TPSA) is 64.3 Å². The molecule has 0 saturated heterocycles. The van der Waals surface area contributed by atoms with E-state index in [1.807, 2.05) is 0 Å². The van der Waals surface area contributed by atoms with Crippen molar-refractivity contribution in [2.45, 2.75) is 5.75 Å². The van der Waals surface area contributed by atoms with E-state index in [4.69, 9.17) is 0 Å². The molecule has 2 rings (SSSR count). The van der Waals surface area contributed by atoms with Gasteiger partial charge in [0, 0.05) is 24.8 Å². The molecule has 2 heterocycles. The molecule has 6 heteroatoms. The second kappa shape index (κ2) is 3.06. The number of aromatic nitrogens is 3. The van der Waals surface area contributed by atoms with Crippen LogP contribution in [-0.2, 0) is 15.6 Å². The van der Waals surface area contributed by atoms with Crippen LogP contribution in [0.3, 0.4) is 0 Å². The minimum absolute atomic E-state index is 0.0331. The van der Waals surface area contributed by atoms with Crippen LogP contribution in [0.25, 0.3) is 5.65 Å². The number of hydrogen-bond acceptors (Lipinski definition) is 4. The lowest BCUT2D eigenvalue weighted by Gasteiger charge is -1.90. The van der Waals surface area contributed by atoms with Gasteiger partial charge in [-0.3, -0.25) is 4.98 Å². The van der Waals surface area contributed by atoms with Crippen LogP contribution in [0.4, 0.5) is 0 Å². The number of fused-ring (bicyclic) bond motifs is 1. The van der Waals surface area contributed by atoms with Gasteiger partial charge < -0.3 is 4.40 Å². The molecule has 0 saturated carbocycles. The van der Waals surface area contributed by atoms with Gasteiger partial charge in [0.25, 0.3) is 0 Å². The number of imidazole rings is 1. The molecule has 0 aromatic carbocycles. The highest BCUT2D eigenvalue weighted by Crippen LogP contribution is 2.05. The molecule has 0 fully saturated rings. The molecule has 5 nitrogen and oxygen atoms in total. The van der Waals surface area contributed by atoms with Gasteiger partial charge in [0.1, 0.15) is 0 Å². The highest BCUT2D eigenvalue weighted by molar-refractivity contribution is 7.89. The minimum atomic E-state index is -3.02. The van der Waals surface area contributed by atoms with Gasteiger partial charge in [-0.05, 0) is 0 Å². The Morgan fingerprint density at radius 3 is 2.93 bits per heavy atom. The van der Waals surface area contributed by atoms with E-state index >= 15 is 0 Å². The van der Waals surface area contributed by atoms with Gasteiger partial charge in [0.2, 0.25) is 0 Å². The van der Waals surface area contributed by atoms with Crippen molar-refractivity contribution in [2.75, 3.05) is 6.26 Å². The maximum Gasteiger partial charge on any atom is 0.155 e. The number of rotatable bonds is 2. The highest BCUT2D eigenvalue weighted by Gasteiger charge is 2.08. The summed E-state index contributed by atoms with van der Waals surface area (Å²) in [5.74, 6) is -0.0331. The first kappa shape index (κ1) is 9.14. The molecule has 0 aliphatic carbocycles. The zero-order valence-electron chi connectivity index (χ0n) is 7.58. The van der Waals surface area contributed by atoms with Crippen LogP contribution in [0.5, 0.6) is 0 Å². The molecule has 0 aliphatic heterocycles. The first-order valence-electron chi connectivity index (χ1n) is 4.00. The van der Waals surface area contributed by atoms with Crippen LogP contribution < -0.4 is 0 Å². The molecule has 0 bridgehead atoms. The Hall–Kier alpha value is -1.43. The molecule has 0 amide bonds. The average molecular weight is 211 g/mol. The second-order valence-corrected chi connectivity index (χ2v) is 5.28. The van der Waals surface area contributed by atoms with Crippen LogP contribution in [0.15, 0.2) is 24.8 Å². The molecule has 0 aliphatic rings. The Kier molecular flexibility index (Phi) is 1.99. The summed E-state index contributed by atoms with van der Waals surface area (Å²) in [5, 5.41) is 0. The van der Waals surface area contributed by atoms with Crippen molar-refractivity contribution in [3.8, 4) is 0 Å². The maximum atomic E-state index is 11.0. The van der Waals surface area contributed by atoms with E-state index < -0.39 is 9.84 Å². The maximum absolute atomic E-state index is 11.0. The van der Waals surface area contributed by atoms with Crippen LogP contribution in [-0.4, -0.2) is 29.0 Å². The number of hydrogen-bond donors (Lipinski definition) is 0. The summed E-state index contributed by atoms with van der Waals surface area (Å²) in [5.41, 5.74) is 1.20. The third-order valence-corrected chi connectivity index (χ3v) is 2.54. The molecule has 0 unspecified atom stereocenters. The molecule has 2 aromatic heterocycles. The van der Waals surface area contributed by atoms with Crippen molar-refractivity contribution < 1.29 is 8.42 Å². The minimum Gasteiger partial charge on any atom is -0.304 e. The fourth-order valence-corrected chi connectivity index (χ4v) is 1.91. The number of sulfone groups is 1. The summed E-state index contributed by atoms with van der Waals surface area (Å²) in [6.45, 7) is 0. The van der Waals surface area contributed by atoms with E-state index in [0.29, 0.717) is 11.3 Å². The molecule has 0 N–H and O–H groups in total. The summed E-state index contributed by atoms with van der Waals surface area (Å²) < 4.78 is 23.8. The zero-order chi connectivity index (χ0) is 10.2. The summed E-state index contributed by atoms with van der Waals surface area (Å²) in [6.07, 6.45) is 7.83. The van der Waals surface area contributed by atoms with Crippen LogP contribution >= 0.6 is 0 Å². The van der Waals surface area contributed by atoms with Crippen LogP contribution in [0.1, 0.15) is 5.69 Å². The molecular formula is C8H9N3O2S. The normalized spacial score (nSPS) is 12.1. The highest BCUT2D eigenvalue weighted by atomic mass is 32.2. The van der Waals surface area contributed by atoms with E-state index in [1.165, 1.54) is 6.26 Å². The molecule has 74 valence electrons. The lowest BCUT2D eigenvalue weighted by molar-refractivity contribution is 0.600. The van der Waals surface area contributed by atoms with Gasteiger partial charge in [0.05, 0.1) is 17.6 Å². The van der Waals surface area contributed by atoms with E-state index in [0.717, 1.165) is 0 Å². The van der Waals surface area contributed by atoms with Crippen LogP contribution in [0.2, 0.25) is 0 Å². The standard InChI is InChI=1S/C8H9N3O2S/c1-14(12,13)6-7-5-11-3-2-9-4-8(11)10-7/h2-5H,6H2,1H3. The Labute approximate surface area is 81.3 Å². The molecule has 14 heavy (non-hydrogen) atoms. The van der Waals surface area contributed by atoms with Crippen molar-refractivity contribution in [3.63, 3.8) is 0 Å². The van der Waals surface area contributed by atoms with Crippen molar-refractivity contribution in [1.82, 2.24) is 14.4 Å². The summed E-state index contributed by atoms with van der Waals surface area (Å²) >= 11 is 0. The summed E-state index contributed by atoms with van der Waals surface area (Å²) in [6, 6.07) is 0. The molecule has 0 atom stereocenters. The zero-order valence-corrected chi connectivity index (χ0v) is 8.40. The van der Waals surface area contributed by atoms with Crippen molar-refractivity contribution in [3.05, 3.63) is 30.5 Å². The first-order valence-corrected chi connectivity index (χ1v) is 6.06. The molecule has 2 aromatic rings. The quantitative estimate of drug-likeness (QED) is 0.715. The average Bonchev–Trinajstić information content (AvgIpc) is 2.42. The van der Waals surface area contributed by atoms with E-state index in [9.17, 15) is 8.42 Å². The lowest BCUT2D eigenvalue weighted by atomic mass is 10.6.